The van der Waals surface area contributed by atoms with Gasteiger partial charge in [0, 0.05) is 37.6 Å². The maximum atomic E-state index is 14.3. The lowest BCUT2D eigenvalue weighted by Gasteiger charge is -2.35. The van der Waals surface area contributed by atoms with Crippen LogP contribution in [0, 0.1) is 11.6 Å². The average molecular weight is 458 g/mol. The fourth-order valence-electron chi connectivity index (χ4n) is 3.58. The van der Waals surface area contributed by atoms with E-state index in [2.05, 4.69) is 10.2 Å². The van der Waals surface area contributed by atoms with Gasteiger partial charge in [0.2, 0.25) is 10.0 Å². The molecule has 6 nitrogen and oxygen atoms in total. The number of nitrogens with one attached hydrogen (secondary N) is 1. The number of amides is 1. The molecule has 0 saturated carbocycles. The SMILES string of the molecule is O=C(Nc1cccc(F)c1)c1cc(S(=O)(=O)N2CCN(c3ccccc3)CC2)ccc1F. The first-order chi connectivity index (χ1) is 15.3. The highest BCUT2D eigenvalue weighted by Gasteiger charge is 2.29. The van der Waals surface area contributed by atoms with E-state index >= 15 is 0 Å². The number of piperazine rings is 1. The third kappa shape index (κ3) is 4.63. The van der Waals surface area contributed by atoms with Gasteiger partial charge < -0.3 is 10.2 Å². The van der Waals surface area contributed by atoms with Gasteiger partial charge in [0.25, 0.3) is 5.91 Å². The van der Waals surface area contributed by atoms with Gasteiger partial charge in [-0.3, -0.25) is 4.79 Å². The van der Waals surface area contributed by atoms with E-state index in [1.54, 1.807) is 0 Å². The highest BCUT2D eigenvalue weighted by atomic mass is 32.2. The Bertz CT molecular complexity index is 1230. The van der Waals surface area contributed by atoms with Gasteiger partial charge in [0.05, 0.1) is 10.5 Å². The lowest BCUT2D eigenvalue weighted by molar-refractivity contribution is 0.102. The number of rotatable bonds is 5. The van der Waals surface area contributed by atoms with E-state index in [4.69, 9.17) is 0 Å². The molecule has 0 radical (unpaired) electrons. The minimum atomic E-state index is -3.92. The lowest BCUT2D eigenvalue weighted by atomic mass is 10.2. The van der Waals surface area contributed by atoms with Crippen molar-refractivity contribution < 1.29 is 22.0 Å². The van der Waals surface area contributed by atoms with Crippen molar-refractivity contribution >= 4 is 27.3 Å². The van der Waals surface area contributed by atoms with Gasteiger partial charge >= 0.3 is 0 Å². The second-order valence-electron chi connectivity index (χ2n) is 7.33. The molecule has 32 heavy (non-hydrogen) atoms. The zero-order valence-corrected chi connectivity index (χ0v) is 17.9. The van der Waals surface area contributed by atoms with Crippen LogP contribution in [0.1, 0.15) is 10.4 Å². The predicted octanol–water partition coefficient (Wildman–Crippen LogP) is 3.73. The van der Waals surface area contributed by atoms with Crippen molar-refractivity contribution in [3.05, 3.63) is 90.0 Å². The zero-order chi connectivity index (χ0) is 22.7. The van der Waals surface area contributed by atoms with Crippen LogP contribution in [0.15, 0.2) is 77.7 Å². The summed E-state index contributed by atoms with van der Waals surface area (Å²) >= 11 is 0. The highest BCUT2D eigenvalue weighted by molar-refractivity contribution is 7.89. The molecule has 1 fully saturated rings. The highest BCUT2D eigenvalue weighted by Crippen LogP contribution is 2.23. The average Bonchev–Trinajstić information content (AvgIpc) is 2.80. The van der Waals surface area contributed by atoms with E-state index in [0.717, 1.165) is 30.0 Å². The van der Waals surface area contributed by atoms with Crippen LogP contribution in [-0.4, -0.2) is 44.8 Å². The summed E-state index contributed by atoms with van der Waals surface area (Å²) in [6.07, 6.45) is 0. The molecule has 0 unspecified atom stereocenters. The number of sulfonamides is 1. The summed E-state index contributed by atoms with van der Waals surface area (Å²) in [4.78, 5) is 14.4. The lowest BCUT2D eigenvalue weighted by Crippen LogP contribution is -2.48. The molecular weight excluding hydrogens is 436 g/mol. The molecule has 4 rings (SSSR count). The van der Waals surface area contributed by atoms with E-state index in [0.29, 0.717) is 13.1 Å². The Balaban J connectivity index is 1.51. The van der Waals surface area contributed by atoms with E-state index < -0.39 is 33.1 Å². The molecule has 0 aromatic heterocycles. The Labute approximate surface area is 185 Å². The molecule has 3 aromatic rings. The van der Waals surface area contributed by atoms with Crippen molar-refractivity contribution in [2.75, 3.05) is 36.4 Å². The van der Waals surface area contributed by atoms with Crippen molar-refractivity contribution in [1.82, 2.24) is 4.31 Å². The molecule has 1 aliphatic heterocycles. The van der Waals surface area contributed by atoms with Crippen molar-refractivity contribution in [2.24, 2.45) is 0 Å². The van der Waals surface area contributed by atoms with Crippen molar-refractivity contribution in [1.29, 1.82) is 0 Å². The smallest absolute Gasteiger partial charge is 0.258 e. The Kier molecular flexibility index (Phi) is 6.20. The molecule has 1 heterocycles. The molecule has 1 N–H and O–H groups in total. The van der Waals surface area contributed by atoms with Crippen LogP contribution in [-0.2, 0) is 10.0 Å². The zero-order valence-electron chi connectivity index (χ0n) is 17.0. The second-order valence-corrected chi connectivity index (χ2v) is 9.27. The van der Waals surface area contributed by atoms with Gasteiger partial charge in [-0.25, -0.2) is 17.2 Å². The number of hydrogen-bond acceptors (Lipinski definition) is 4. The van der Waals surface area contributed by atoms with Crippen LogP contribution in [0.4, 0.5) is 20.2 Å². The van der Waals surface area contributed by atoms with E-state index in [-0.39, 0.29) is 23.7 Å². The summed E-state index contributed by atoms with van der Waals surface area (Å²) < 4.78 is 55.2. The Morgan fingerprint density at radius 1 is 0.844 bits per heavy atom. The van der Waals surface area contributed by atoms with Crippen molar-refractivity contribution in [2.45, 2.75) is 4.90 Å². The van der Waals surface area contributed by atoms with Gasteiger partial charge in [-0.1, -0.05) is 24.3 Å². The fraction of sp³-hybridized carbons (Fsp3) is 0.174. The van der Waals surface area contributed by atoms with Gasteiger partial charge in [0.1, 0.15) is 11.6 Å². The summed E-state index contributed by atoms with van der Waals surface area (Å²) in [7, 11) is -3.92. The minimum Gasteiger partial charge on any atom is -0.369 e. The first kappa shape index (κ1) is 21.9. The van der Waals surface area contributed by atoms with Gasteiger partial charge in [-0.05, 0) is 48.5 Å². The standard InChI is InChI=1S/C23H21F2N3O3S/c24-17-5-4-6-18(15-17)26-23(29)21-16-20(9-10-22(21)25)32(30,31)28-13-11-27(12-14-28)19-7-2-1-3-8-19/h1-10,15-16H,11-14H2,(H,26,29). The summed E-state index contributed by atoms with van der Waals surface area (Å²) in [5.74, 6) is -2.29. The molecule has 3 aromatic carbocycles. The van der Waals surface area contributed by atoms with Crippen LogP contribution >= 0.6 is 0 Å². The van der Waals surface area contributed by atoms with Crippen LogP contribution in [0.25, 0.3) is 0 Å². The number of carbonyl (C=O) groups excluding carboxylic acids is 1. The Morgan fingerprint density at radius 2 is 1.56 bits per heavy atom. The number of halogens is 2. The van der Waals surface area contributed by atoms with Crippen molar-refractivity contribution in [3.63, 3.8) is 0 Å². The van der Waals surface area contributed by atoms with Crippen LogP contribution in [0.3, 0.4) is 0 Å². The van der Waals surface area contributed by atoms with Crippen molar-refractivity contribution in [3.8, 4) is 0 Å². The molecule has 0 spiro atoms. The second kappa shape index (κ2) is 9.05. The first-order valence-electron chi connectivity index (χ1n) is 10.0. The molecule has 0 atom stereocenters. The largest absolute Gasteiger partial charge is 0.369 e. The van der Waals surface area contributed by atoms with Crippen LogP contribution in [0.2, 0.25) is 0 Å². The summed E-state index contributed by atoms with van der Waals surface area (Å²) in [5, 5.41) is 2.39. The number of para-hydroxylation sites is 1. The number of carbonyl (C=O) groups is 1. The molecule has 0 bridgehead atoms. The number of hydrogen-bond donors (Lipinski definition) is 1. The Hall–Kier alpha value is -3.30. The monoisotopic (exact) mass is 457 g/mol. The van der Waals surface area contributed by atoms with E-state index in [9.17, 15) is 22.0 Å². The van der Waals surface area contributed by atoms with E-state index in [1.165, 1.54) is 22.5 Å². The quantitative estimate of drug-likeness (QED) is 0.634. The first-order valence-corrected chi connectivity index (χ1v) is 11.5. The summed E-state index contributed by atoms with van der Waals surface area (Å²) in [6.45, 7) is 1.55. The molecule has 1 amide bonds. The summed E-state index contributed by atoms with van der Waals surface area (Å²) in [5.41, 5.74) is 0.723. The normalized spacial score (nSPS) is 14.9. The van der Waals surface area contributed by atoms with Crippen LogP contribution in [0.5, 0.6) is 0 Å². The molecule has 9 heteroatoms. The van der Waals surface area contributed by atoms with Gasteiger partial charge in [-0.2, -0.15) is 4.31 Å². The number of anilines is 2. The van der Waals surface area contributed by atoms with Gasteiger partial charge in [0.15, 0.2) is 0 Å². The number of benzene rings is 3. The van der Waals surface area contributed by atoms with Crippen LogP contribution < -0.4 is 10.2 Å². The van der Waals surface area contributed by atoms with Gasteiger partial charge in [-0.15, -0.1) is 0 Å². The Morgan fingerprint density at radius 3 is 2.25 bits per heavy atom. The number of nitrogens with zero attached hydrogens (tertiary/aromatic N) is 2. The molecule has 1 saturated heterocycles. The maximum absolute atomic E-state index is 14.3. The van der Waals surface area contributed by atoms with E-state index in [1.807, 2.05) is 30.3 Å². The molecular formula is C23H21F2N3O3S. The third-order valence-electron chi connectivity index (χ3n) is 5.26. The minimum absolute atomic E-state index is 0.139. The molecule has 1 aliphatic rings. The summed E-state index contributed by atoms with van der Waals surface area (Å²) in [6, 6.07) is 18.0. The molecule has 0 aliphatic carbocycles. The topological polar surface area (TPSA) is 69.7 Å². The third-order valence-corrected chi connectivity index (χ3v) is 7.16. The maximum Gasteiger partial charge on any atom is 0.258 e. The fourth-order valence-corrected chi connectivity index (χ4v) is 5.03. The predicted molar refractivity (Wildman–Crippen MR) is 118 cm³/mol. The molecule has 166 valence electrons.